The molecule has 0 bridgehead atoms. The molecule has 0 atom stereocenters. The molecule has 92 valence electrons. The summed E-state index contributed by atoms with van der Waals surface area (Å²) in [6.45, 7) is 11.5. The third-order valence-electron chi connectivity index (χ3n) is 4.27. The van der Waals surface area contributed by atoms with Crippen LogP contribution in [-0.2, 0) is 6.42 Å². The number of hydrogen-bond donors (Lipinski definition) is 1. The van der Waals surface area contributed by atoms with Crippen molar-refractivity contribution in [2.75, 3.05) is 0 Å². The number of para-hydroxylation sites is 1. The standard InChI is InChI=1S/C16H23N/c1-15(2,3)16(4,5)10-12-11-17-14-9-7-6-8-13(12)14/h6-9,11,17H,10H2,1-5H3/i/hD. The molecule has 0 aliphatic rings. The Hall–Kier alpha value is -1.24. The largest absolute Gasteiger partial charge is 0.361 e. The van der Waals surface area contributed by atoms with Crippen LogP contribution in [0, 0.1) is 10.8 Å². The lowest BCUT2D eigenvalue weighted by Gasteiger charge is -2.39. The second kappa shape index (κ2) is 3.90. The van der Waals surface area contributed by atoms with Crippen LogP contribution in [0.2, 0.25) is 1.41 Å². The SMILES string of the molecule is [2H]n1cc(CC(C)(C)C(C)(C)C)c2ccccc21. The Morgan fingerprint density at radius 2 is 1.76 bits per heavy atom. The molecule has 0 fully saturated rings. The predicted molar refractivity (Wildman–Crippen MR) is 75.2 cm³/mol. The molecule has 2 aromatic rings. The quantitative estimate of drug-likeness (QED) is 0.764. The minimum atomic E-state index is 0.205. The van der Waals surface area contributed by atoms with Gasteiger partial charge in [-0.2, -0.15) is 0 Å². The minimum Gasteiger partial charge on any atom is -0.361 e. The summed E-state index contributed by atoms with van der Waals surface area (Å²) < 4.78 is 7.96. The molecule has 0 amide bonds. The second-order valence-corrected chi connectivity index (χ2v) is 6.61. The lowest BCUT2D eigenvalue weighted by Crippen LogP contribution is -2.31. The van der Waals surface area contributed by atoms with E-state index in [1.807, 2.05) is 18.3 Å². The zero-order valence-corrected chi connectivity index (χ0v) is 11.5. The molecule has 0 aliphatic heterocycles. The maximum atomic E-state index is 7.96. The van der Waals surface area contributed by atoms with E-state index in [0.717, 1.165) is 11.9 Å². The van der Waals surface area contributed by atoms with Gasteiger partial charge in [0.05, 0.1) is 0 Å². The summed E-state index contributed by atoms with van der Waals surface area (Å²) >= 11 is 0. The number of rotatable bonds is 2. The molecule has 0 aliphatic carbocycles. The fourth-order valence-electron chi connectivity index (χ4n) is 1.96. The van der Waals surface area contributed by atoms with E-state index in [4.69, 9.17) is 1.41 Å². The molecule has 1 aromatic carbocycles. The van der Waals surface area contributed by atoms with Crippen LogP contribution in [0.3, 0.4) is 0 Å². The Morgan fingerprint density at radius 1 is 1.12 bits per heavy atom. The van der Waals surface area contributed by atoms with Crippen LogP contribution in [0.4, 0.5) is 0 Å². The molecule has 1 N–H and O–H groups in total. The lowest BCUT2D eigenvalue weighted by molar-refractivity contribution is 0.132. The molecule has 0 radical (unpaired) electrons. The lowest BCUT2D eigenvalue weighted by atomic mass is 9.66. The van der Waals surface area contributed by atoms with Crippen LogP contribution in [0.1, 0.15) is 40.2 Å². The molecule has 2 rings (SSSR count). The van der Waals surface area contributed by atoms with Crippen molar-refractivity contribution in [2.45, 2.75) is 41.0 Å². The van der Waals surface area contributed by atoms with Gasteiger partial charge in [0.2, 0.25) is 0 Å². The average Bonchev–Trinajstić information content (AvgIpc) is 2.55. The molecule has 1 aromatic heterocycles. The van der Waals surface area contributed by atoms with Gasteiger partial charge in [-0.1, -0.05) is 52.8 Å². The number of hydrogen-bond acceptors (Lipinski definition) is 0. The summed E-state index contributed by atoms with van der Waals surface area (Å²) in [7, 11) is 0. The van der Waals surface area contributed by atoms with Crippen molar-refractivity contribution in [3.05, 3.63) is 36.0 Å². The van der Waals surface area contributed by atoms with E-state index < -0.39 is 0 Å². The third-order valence-corrected chi connectivity index (χ3v) is 4.27. The number of nitrogens with one attached hydrogen (secondary N) is 1. The maximum Gasteiger partial charge on any atom is 0.166 e. The Morgan fingerprint density at radius 3 is 2.41 bits per heavy atom. The summed E-state index contributed by atoms with van der Waals surface area (Å²) in [6.07, 6.45) is 2.96. The number of benzene rings is 1. The first-order valence-corrected chi connectivity index (χ1v) is 6.30. The van der Waals surface area contributed by atoms with E-state index in [2.05, 4.69) is 46.8 Å². The molecule has 0 spiro atoms. The van der Waals surface area contributed by atoms with Gasteiger partial charge in [0.15, 0.2) is 1.41 Å². The molecule has 0 unspecified atom stereocenters. The van der Waals surface area contributed by atoms with Crippen molar-refractivity contribution in [2.24, 2.45) is 10.8 Å². The first kappa shape index (κ1) is 10.9. The molecule has 1 nitrogen and oxygen atoms in total. The van der Waals surface area contributed by atoms with Gasteiger partial charge in [-0.15, -0.1) is 0 Å². The number of H-pyrrole nitrogens is 1. The highest BCUT2D eigenvalue weighted by molar-refractivity contribution is 5.83. The van der Waals surface area contributed by atoms with Gasteiger partial charge in [-0.25, -0.2) is 0 Å². The highest BCUT2D eigenvalue weighted by atomic mass is 14.7. The van der Waals surface area contributed by atoms with Crippen LogP contribution in [0.25, 0.3) is 10.9 Å². The first-order valence-electron chi connectivity index (χ1n) is 6.75. The molecular formula is C16H23N. The van der Waals surface area contributed by atoms with Crippen molar-refractivity contribution in [1.82, 2.24) is 4.98 Å². The van der Waals surface area contributed by atoms with Crippen molar-refractivity contribution in [3.63, 3.8) is 0 Å². The maximum absolute atomic E-state index is 7.96. The summed E-state index contributed by atoms with van der Waals surface area (Å²) in [5.41, 5.74) is 2.73. The summed E-state index contributed by atoms with van der Waals surface area (Å²) in [5.74, 6) is 0. The van der Waals surface area contributed by atoms with Crippen molar-refractivity contribution < 1.29 is 1.41 Å². The normalized spacial score (nSPS) is 14.1. The Balaban J connectivity index is 2.45. The number of aromatic amines is 1. The minimum absolute atomic E-state index is 0.205. The predicted octanol–water partition coefficient (Wildman–Crippen LogP) is 4.78. The van der Waals surface area contributed by atoms with Gasteiger partial charge in [0.25, 0.3) is 0 Å². The highest BCUT2D eigenvalue weighted by Crippen LogP contribution is 2.41. The summed E-state index contributed by atoms with van der Waals surface area (Å²) in [4.78, 5) is 1.49. The van der Waals surface area contributed by atoms with Crippen molar-refractivity contribution in [3.8, 4) is 0 Å². The third kappa shape index (κ3) is 2.24. The van der Waals surface area contributed by atoms with E-state index in [1.54, 1.807) is 0 Å². The topological polar surface area (TPSA) is 15.8 Å². The van der Waals surface area contributed by atoms with Gasteiger partial charge in [0, 0.05) is 17.1 Å². The van der Waals surface area contributed by atoms with E-state index in [1.165, 1.54) is 15.9 Å². The van der Waals surface area contributed by atoms with Gasteiger partial charge in [-0.3, -0.25) is 0 Å². The molecule has 0 saturated heterocycles. The van der Waals surface area contributed by atoms with E-state index in [9.17, 15) is 0 Å². The molecule has 1 heteroatoms. The fraction of sp³-hybridized carbons (Fsp3) is 0.500. The fourth-order valence-corrected chi connectivity index (χ4v) is 1.96. The van der Waals surface area contributed by atoms with Gasteiger partial charge in [0.1, 0.15) is 0 Å². The smallest absolute Gasteiger partial charge is 0.166 e. The average molecular weight is 230 g/mol. The number of fused-ring (bicyclic) bond motifs is 1. The molecular weight excluding hydrogens is 206 g/mol. The zero-order chi connectivity index (χ0) is 13.6. The van der Waals surface area contributed by atoms with E-state index in [0.29, 0.717) is 0 Å². The molecule has 17 heavy (non-hydrogen) atoms. The van der Waals surface area contributed by atoms with Gasteiger partial charge >= 0.3 is 0 Å². The van der Waals surface area contributed by atoms with Crippen LogP contribution < -0.4 is 0 Å². The van der Waals surface area contributed by atoms with Crippen LogP contribution in [-0.4, -0.2) is 4.98 Å². The van der Waals surface area contributed by atoms with E-state index in [-0.39, 0.29) is 10.8 Å². The Labute approximate surface area is 106 Å². The van der Waals surface area contributed by atoms with E-state index >= 15 is 0 Å². The van der Waals surface area contributed by atoms with Crippen molar-refractivity contribution >= 4 is 10.9 Å². The van der Waals surface area contributed by atoms with Crippen LogP contribution in [0.5, 0.6) is 0 Å². The van der Waals surface area contributed by atoms with Gasteiger partial charge < -0.3 is 4.98 Å². The first-order chi connectivity index (χ1) is 8.22. The van der Waals surface area contributed by atoms with Gasteiger partial charge in [-0.05, 0) is 28.9 Å². The van der Waals surface area contributed by atoms with Crippen LogP contribution >= 0.6 is 0 Å². The summed E-state index contributed by atoms with van der Waals surface area (Å²) in [5, 5.41) is 1.21. The highest BCUT2D eigenvalue weighted by Gasteiger charge is 2.33. The second-order valence-electron chi connectivity index (χ2n) is 6.61. The monoisotopic (exact) mass is 230 g/mol. The van der Waals surface area contributed by atoms with Crippen molar-refractivity contribution in [1.29, 1.82) is 0 Å². The summed E-state index contributed by atoms with van der Waals surface area (Å²) in [6, 6.07) is 8.17. The Kier molecular flexibility index (Phi) is 2.50. The Bertz CT molecular complexity index is 558. The molecule has 1 heterocycles. The zero-order valence-electron chi connectivity index (χ0n) is 12.5. The number of aromatic nitrogens is 1. The molecule has 0 saturated carbocycles. The van der Waals surface area contributed by atoms with Crippen LogP contribution in [0.15, 0.2) is 30.5 Å².